The van der Waals surface area contributed by atoms with Crippen molar-refractivity contribution < 1.29 is 18.0 Å². The average Bonchev–Trinajstić information content (AvgIpc) is 2.83. The minimum Gasteiger partial charge on any atom is -0.378 e. The number of carbonyl (C=O) groups excluding carboxylic acids is 1. The number of hydrogen-bond donors (Lipinski definition) is 1. The molecule has 0 spiro atoms. The van der Waals surface area contributed by atoms with Crippen molar-refractivity contribution in [1.29, 1.82) is 0 Å². The van der Waals surface area contributed by atoms with Gasteiger partial charge in [-0.1, -0.05) is 24.3 Å². The van der Waals surface area contributed by atoms with E-state index in [0.717, 1.165) is 22.7 Å². The van der Waals surface area contributed by atoms with Crippen molar-refractivity contribution in [3.05, 3.63) is 71.4 Å². The van der Waals surface area contributed by atoms with Gasteiger partial charge in [-0.05, 0) is 31.1 Å². The Morgan fingerprint density at radius 1 is 1.18 bits per heavy atom. The minimum atomic E-state index is -2.88. The highest BCUT2D eigenvalue weighted by Gasteiger charge is 2.21. The Morgan fingerprint density at radius 2 is 1.94 bits per heavy atom. The van der Waals surface area contributed by atoms with E-state index in [2.05, 4.69) is 15.3 Å². The average molecular weight is 470 g/mol. The van der Waals surface area contributed by atoms with Gasteiger partial charge < -0.3 is 15.1 Å². The van der Waals surface area contributed by atoms with E-state index in [0.29, 0.717) is 30.7 Å². The van der Waals surface area contributed by atoms with Crippen molar-refractivity contribution in [2.75, 3.05) is 32.5 Å². The molecule has 0 aliphatic carbocycles. The van der Waals surface area contributed by atoms with E-state index in [-0.39, 0.29) is 11.6 Å². The zero-order valence-corrected chi connectivity index (χ0v) is 19.2. The van der Waals surface area contributed by atoms with Gasteiger partial charge in [0, 0.05) is 50.0 Å². The molecule has 34 heavy (non-hydrogen) atoms. The molecule has 4 rings (SSSR count). The summed E-state index contributed by atoms with van der Waals surface area (Å²) in [7, 11) is 3.45. The van der Waals surface area contributed by atoms with Crippen molar-refractivity contribution in [1.82, 2.24) is 19.8 Å². The van der Waals surface area contributed by atoms with Crippen LogP contribution >= 0.6 is 0 Å². The molecule has 3 aromatic rings. The summed E-state index contributed by atoms with van der Waals surface area (Å²) in [4.78, 5) is 24.4. The molecule has 1 aromatic carbocycles. The lowest BCUT2D eigenvalue weighted by Crippen LogP contribution is -2.41. The van der Waals surface area contributed by atoms with E-state index >= 15 is 0 Å². The summed E-state index contributed by atoms with van der Waals surface area (Å²) in [5.41, 5.74) is 2.72. The molecule has 0 unspecified atom stereocenters. The third-order valence-corrected chi connectivity index (χ3v) is 5.95. The normalized spacial score (nSPS) is 14.8. The van der Waals surface area contributed by atoms with E-state index in [4.69, 9.17) is 0 Å². The summed E-state index contributed by atoms with van der Waals surface area (Å²) >= 11 is 0. The van der Waals surface area contributed by atoms with E-state index in [9.17, 15) is 18.0 Å². The Kier molecular flexibility index (Phi) is 6.72. The van der Waals surface area contributed by atoms with Gasteiger partial charge in [0.15, 0.2) is 0 Å². The summed E-state index contributed by atoms with van der Waals surface area (Å²) in [6, 6.07) is 7.13. The maximum Gasteiger partial charge on any atom is 0.319 e. The zero-order valence-electron chi connectivity index (χ0n) is 19.2. The number of amides is 2. The lowest BCUT2D eigenvalue weighted by molar-refractivity contribution is 0.146. The van der Waals surface area contributed by atoms with E-state index < -0.39 is 23.8 Å². The van der Waals surface area contributed by atoms with Gasteiger partial charge in [-0.25, -0.2) is 18.0 Å². The number of rotatable bonds is 5. The third-order valence-electron chi connectivity index (χ3n) is 5.95. The number of carbonyl (C=O) groups is 1. The summed E-state index contributed by atoms with van der Waals surface area (Å²) < 4.78 is 40.9. The number of halogens is 3. The molecule has 9 heteroatoms. The standard InChI is InChI=1S/C25H26F3N5O/c1-15(17-5-4-6-18(23(17)26)24(27)28)31-20-7-10-29-22-14-30-21(13-19(20)22)16-8-11-33(12-9-16)25(34)32(2)3/h4-8,10,13-15,24H,9,11-12H2,1-3H3,(H,29,31)/t15-/m1/s1. The molecular weight excluding hydrogens is 443 g/mol. The molecule has 2 amide bonds. The van der Waals surface area contributed by atoms with Gasteiger partial charge in [-0.3, -0.25) is 9.97 Å². The number of pyridine rings is 2. The van der Waals surface area contributed by atoms with Crippen molar-refractivity contribution in [3.8, 4) is 0 Å². The fourth-order valence-corrected chi connectivity index (χ4v) is 4.09. The predicted molar refractivity (Wildman–Crippen MR) is 126 cm³/mol. The maximum atomic E-state index is 14.7. The molecule has 0 radical (unpaired) electrons. The van der Waals surface area contributed by atoms with Crippen molar-refractivity contribution in [2.24, 2.45) is 0 Å². The van der Waals surface area contributed by atoms with Gasteiger partial charge in [0.1, 0.15) is 5.82 Å². The van der Waals surface area contributed by atoms with Gasteiger partial charge in [0.2, 0.25) is 0 Å². The van der Waals surface area contributed by atoms with Crippen LogP contribution in [-0.2, 0) is 0 Å². The number of fused-ring (bicyclic) bond motifs is 1. The first-order valence-electron chi connectivity index (χ1n) is 11.0. The number of nitrogens with one attached hydrogen (secondary N) is 1. The largest absolute Gasteiger partial charge is 0.378 e. The second-order valence-corrected chi connectivity index (χ2v) is 8.46. The maximum absolute atomic E-state index is 14.7. The molecule has 178 valence electrons. The first-order valence-corrected chi connectivity index (χ1v) is 11.0. The molecule has 0 fully saturated rings. The fourth-order valence-electron chi connectivity index (χ4n) is 4.09. The summed E-state index contributed by atoms with van der Waals surface area (Å²) in [5.74, 6) is -0.901. The predicted octanol–water partition coefficient (Wildman–Crippen LogP) is 5.65. The van der Waals surface area contributed by atoms with Crippen LogP contribution in [0.2, 0.25) is 0 Å². The molecule has 1 aliphatic heterocycles. The highest BCUT2D eigenvalue weighted by Crippen LogP contribution is 2.32. The molecule has 0 bridgehead atoms. The number of alkyl halides is 2. The van der Waals surface area contributed by atoms with E-state index in [1.807, 2.05) is 12.1 Å². The van der Waals surface area contributed by atoms with Crippen LogP contribution in [0.15, 0.2) is 48.8 Å². The Hall–Kier alpha value is -3.62. The van der Waals surface area contributed by atoms with Gasteiger partial charge in [0.25, 0.3) is 6.43 Å². The third kappa shape index (κ3) is 4.69. The molecular formula is C25H26F3N5O. The number of urea groups is 1. The lowest BCUT2D eigenvalue weighted by atomic mass is 10.0. The molecule has 1 N–H and O–H groups in total. The van der Waals surface area contributed by atoms with E-state index in [1.165, 1.54) is 12.1 Å². The highest BCUT2D eigenvalue weighted by atomic mass is 19.3. The van der Waals surface area contributed by atoms with Crippen LogP contribution in [0.25, 0.3) is 16.5 Å². The lowest BCUT2D eigenvalue weighted by Gasteiger charge is -2.29. The Morgan fingerprint density at radius 3 is 2.62 bits per heavy atom. The van der Waals surface area contributed by atoms with Gasteiger partial charge in [-0.15, -0.1) is 0 Å². The topological polar surface area (TPSA) is 61.4 Å². The first-order chi connectivity index (χ1) is 16.3. The molecule has 1 atom stereocenters. The summed E-state index contributed by atoms with van der Waals surface area (Å²) in [5, 5.41) is 4.03. The second-order valence-electron chi connectivity index (χ2n) is 8.46. The van der Waals surface area contributed by atoms with Crippen LogP contribution in [0.5, 0.6) is 0 Å². The minimum absolute atomic E-state index is 0.0328. The number of anilines is 1. The zero-order chi connectivity index (χ0) is 24.4. The van der Waals surface area contributed by atoms with Gasteiger partial charge in [-0.2, -0.15) is 0 Å². The fraction of sp³-hybridized carbons (Fsp3) is 0.320. The molecule has 6 nitrogen and oxygen atoms in total. The van der Waals surface area contributed by atoms with E-state index in [1.54, 1.807) is 49.3 Å². The quantitative estimate of drug-likeness (QED) is 0.525. The van der Waals surface area contributed by atoms with Crippen LogP contribution in [0, 0.1) is 5.82 Å². The van der Waals surface area contributed by atoms with Crippen molar-refractivity contribution in [3.63, 3.8) is 0 Å². The van der Waals surface area contributed by atoms with Crippen LogP contribution in [-0.4, -0.2) is 53.0 Å². The summed E-state index contributed by atoms with van der Waals surface area (Å²) in [6.07, 6.45) is 3.08. The SMILES string of the molecule is C[C@@H](Nc1ccnc2cnc(C3=CCN(C(=O)N(C)C)CC3)cc12)c1cccc(C(F)F)c1F. The number of aromatic nitrogens is 2. The smallest absolute Gasteiger partial charge is 0.319 e. The number of nitrogens with zero attached hydrogens (tertiary/aromatic N) is 4. The highest BCUT2D eigenvalue weighted by molar-refractivity contribution is 5.92. The molecule has 0 saturated carbocycles. The molecule has 1 aliphatic rings. The number of hydrogen-bond acceptors (Lipinski definition) is 4. The molecule has 2 aromatic heterocycles. The number of benzene rings is 1. The first kappa shape index (κ1) is 23.5. The van der Waals surface area contributed by atoms with Crippen LogP contribution in [0.1, 0.15) is 42.6 Å². The van der Waals surface area contributed by atoms with Gasteiger partial charge in [0.05, 0.1) is 29.0 Å². The van der Waals surface area contributed by atoms with Crippen LogP contribution < -0.4 is 5.32 Å². The van der Waals surface area contributed by atoms with Crippen molar-refractivity contribution in [2.45, 2.75) is 25.8 Å². The molecule has 0 saturated heterocycles. The Bertz CT molecular complexity index is 1240. The monoisotopic (exact) mass is 469 g/mol. The van der Waals surface area contributed by atoms with Crippen LogP contribution in [0.3, 0.4) is 0 Å². The summed E-state index contributed by atoms with van der Waals surface area (Å²) in [6.45, 7) is 2.82. The Labute approximate surface area is 196 Å². The Balaban J connectivity index is 1.61. The van der Waals surface area contributed by atoms with Gasteiger partial charge >= 0.3 is 6.03 Å². The second kappa shape index (κ2) is 9.70. The molecule has 3 heterocycles. The van der Waals surface area contributed by atoms with Crippen LogP contribution in [0.4, 0.5) is 23.7 Å². The van der Waals surface area contributed by atoms with Crippen molar-refractivity contribution >= 4 is 28.2 Å².